The maximum absolute atomic E-state index is 12.5. The third-order valence-corrected chi connectivity index (χ3v) is 4.99. The normalized spacial score (nSPS) is 43.1. The quantitative estimate of drug-likeness (QED) is 0.733. The van der Waals surface area contributed by atoms with Crippen LogP contribution in [0.25, 0.3) is 0 Å². The molecule has 0 aromatic heterocycles. The van der Waals surface area contributed by atoms with E-state index in [2.05, 4.69) is 29.2 Å². The van der Waals surface area contributed by atoms with Gasteiger partial charge >= 0.3 is 0 Å². The molecule has 4 aliphatic rings. The molecule has 0 radical (unpaired) electrons. The Bertz CT molecular complexity index is 461. The molecule has 3 saturated heterocycles. The van der Waals surface area contributed by atoms with Gasteiger partial charge < -0.3 is 0 Å². The Morgan fingerprint density at radius 1 is 1.12 bits per heavy atom. The predicted molar refractivity (Wildman–Crippen MR) is 65.8 cm³/mol. The molecule has 3 aliphatic heterocycles. The van der Waals surface area contributed by atoms with Gasteiger partial charge in [-0.2, -0.15) is 0 Å². The Hall–Kier alpha value is -1.15. The summed E-state index contributed by atoms with van der Waals surface area (Å²) >= 11 is 0. The van der Waals surface area contributed by atoms with Crippen molar-refractivity contribution in [3.05, 3.63) is 35.9 Å². The second-order valence-electron chi connectivity index (χ2n) is 5.72. The van der Waals surface area contributed by atoms with Gasteiger partial charge in [0.2, 0.25) is 0 Å². The molecule has 0 amide bonds. The molecular weight excluding hydrogens is 210 g/mol. The van der Waals surface area contributed by atoms with Crippen LogP contribution < -0.4 is 0 Å². The fourth-order valence-electron chi connectivity index (χ4n) is 4.00. The maximum atomic E-state index is 12.5. The third kappa shape index (κ3) is 1.17. The van der Waals surface area contributed by atoms with Crippen LogP contribution in [0.5, 0.6) is 0 Å². The van der Waals surface area contributed by atoms with Gasteiger partial charge in [-0.3, -0.25) is 9.69 Å². The number of piperidine rings is 3. The highest BCUT2D eigenvalue weighted by molar-refractivity contribution is 5.96. The highest BCUT2D eigenvalue weighted by Gasteiger charge is 2.67. The lowest BCUT2D eigenvalue weighted by molar-refractivity contribution is -0.139. The minimum absolute atomic E-state index is 0.0808. The number of hydrogen-bond acceptors (Lipinski definition) is 2. The lowest BCUT2D eigenvalue weighted by atomic mass is 9.79. The number of hydrogen-bond donors (Lipinski definition) is 0. The SMILES string of the molecule is O=C1C2CCN(CC2)[C@]12C[C@H]2c1ccccc1. The molecule has 88 valence electrons. The topological polar surface area (TPSA) is 20.3 Å². The number of ketones is 1. The summed E-state index contributed by atoms with van der Waals surface area (Å²) in [4.78, 5) is 15.0. The zero-order valence-electron chi connectivity index (χ0n) is 9.93. The average Bonchev–Trinajstić information content (AvgIpc) is 3.13. The Labute approximate surface area is 102 Å². The van der Waals surface area contributed by atoms with Crippen molar-refractivity contribution in [1.82, 2.24) is 4.90 Å². The summed E-state index contributed by atoms with van der Waals surface area (Å²) in [6.45, 7) is 2.28. The Kier molecular flexibility index (Phi) is 1.85. The molecule has 1 aliphatic carbocycles. The molecule has 1 saturated carbocycles. The molecule has 1 spiro atoms. The van der Waals surface area contributed by atoms with Gasteiger partial charge in [0.15, 0.2) is 5.78 Å². The Morgan fingerprint density at radius 3 is 2.47 bits per heavy atom. The fraction of sp³-hybridized carbons (Fsp3) is 0.533. The molecule has 4 fully saturated rings. The van der Waals surface area contributed by atoms with E-state index in [-0.39, 0.29) is 5.54 Å². The number of carbonyl (C=O) groups excluding carboxylic acids is 1. The molecule has 0 N–H and O–H groups in total. The monoisotopic (exact) mass is 227 g/mol. The molecule has 2 heteroatoms. The van der Waals surface area contributed by atoms with Crippen molar-refractivity contribution in [2.75, 3.05) is 13.1 Å². The summed E-state index contributed by atoms with van der Waals surface area (Å²) in [5.41, 5.74) is 1.27. The van der Waals surface area contributed by atoms with Gasteiger partial charge in [0, 0.05) is 11.8 Å². The van der Waals surface area contributed by atoms with Crippen molar-refractivity contribution in [2.24, 2.45) is 5.92 Å². The van der Waals surface area contributed by atoms with E-state index in [9.17, 15) is 4.79 Å². The van der Waals surface area contributed by atoms with E-state index < -0.39 is 0 Å². The predicted octanol–water partition coefficient (Wildman–Crippen LogP) is 2.21. The van der Waals surface area contributed by atoms with Crippen molar-refractivity contribution >= 4 is 5.78 Å². The van der Waals surface area contributed by atoms with Crippen molar-refractivity contribution in [2.45, 2.75) is 30.7 Å². The van der Waals surface area contributed by atoms with E-state index in [4.69, 9.17) is 0 Å². The zero-order valence-corrected chi connectivity index (χ0v) is 9.93. The van der Waals surface area contributed by atoms with Crippen LogP contribution >= 0.6 is 0 Å². The van der Waals surface area contributed by atoms with Gasteiger partial charge in [-0.25, -0.2) is 0 Å². The number of fused-ring (bicyclic) bond motifs is 2. The molecule has 2 nitrogen and oxygen atoms in total. The second kappa shape index (κ2) is 3.20. The second-order valence-corrected chi connectivity index (χ2v) is 5.72. The van der Waals surface area contributed by atoms with Crippen molar-refractivity contribution in [3.8, 4) is 0 Å². The van der Waals surface area contributed by atoms with E-state index in [1.54, 1.807) is 0 Å². The number of benzene rings is 1. The van der Waals surface area contributed by atoms with E-state index in [0.29, 0.717) is 17.6 Å². The summed E-state index contributed by atoms with van der Waals surface area (Å²) in [5.74, 6) is 1.39. The van der Waals surface area contributed by atoms with Crippen molar-refractivity contribution < 1.29 is 4.79 Å². The number of rotatable bonds is 1. The smallest absolute Gasteiger partial charge is 0.156 e. The minimum Gasteiger partial charge on any atom is -0.297 e. The minimum atomic E-state index is -0.0808. The number of nitrogens with zero attached hydrogens (tertiary/aromatic N) is 1. The first-order valence-electron chi connectivity index (χ1n) is 6.67. The average molecular weight is 227 g/mol. The molecule has 17 heavy (non-hydrogen) atoms. The number of carbonyl (C=O) groups is 1. The van der Waals surface area contributed by atoms with Crippen LogP contribution in [0.3, 0.4) is 0 Å². The van der Waals surface area contributed by atoms with Crippen LogP contribution in [0.15, 0.2) is 30.3 Å². The van der Waals surface area contributed by atoms with E-state index in [0.717, 1.165) is 32.4 Å². The van der Waals surface area contributed by atoms with Gasteiger partial charge in [0.25, 0.3) is 0 Å². The maximum Gasteiger partial charge on any atom is 0.156 e. The fourth-order valence-corrected chi connectivity index (χ4v) is 4.00. The molecule has 2 atom stereocenters. The zero-order chi connectivity index (χ0) is 11.5. The standard InChI is InChI=1S/C15H17NO/c17-14-12-6-8-16(9-7-12)15(14)10-13(15)11-4-2-1-3-5-11/h1-5,12-13H,6-10H2/t13-,15-/m0/s1. The van der Waals surface area contributed by atoms with Crippen LogP contribution in [0.4, 0.5) is 0 Å². The van der Waals surface area contributed by atoms with Crippen LogP contribution in [0.1, 0.15) is 30.7 Å². The summed E-state index contributed by atoms with van der Waals surface area (Å²) < 4.78 is 0. The summed E-state index contributed by atoms with van der Waals surface area (Å²) in [7, 11) is 0. The van der Waals surface area contributed by atoms with Crippen LogP contribution in [-0.2, 0) is 4.79 Å². The lowest BCUT2D eigenvalue weighted by Gasteiger charge is -2.45. The molecule has 2 bridgehead atoms. The van der Waals surface area contributed by atoms with Crippen molar-refractivity contribution in [3.63, 3.8) is 0 Å². The summed E-state index contributed by atoms with van der Waals surface area (Å²) in [6, 6.07) is 10.6. The highest BCUT2D eigenvalue weighted by Crippen LogP contribution is 2.60. The summed E-state index contributed by atoms with van der Waals surface area (Å²) in [6.07, 6.45) is 3.26. The molecule has 0 unspecified atom stereocenters. The van der Waals surface area contributed by atoms with E-state index in [1.165, 1.54) is 5.56 Å². The van der Waals surface area contributed by atoms with E-state index >= 15 is 0 Å². The molecule has 1 aromatic carbocycles. The first-order valence-corrected chi connectivity index (χ1v) is 6.67. The van der Waals surface area contributed by atoms with Gasteiger partial charge in [-0.05, 0) is 37.9 Å². The Balaban J connectivity index is 1.70. The van der Waals surface area contributed by atoms with Crippen molar-refractivity contribution in [1.29, 1.82) is 0 Å². The van der Waals surface area contributed by atoms with E-state index in [1.807, 2.05) is 6.07 Å². The van der Waals surface area contributed by atoms with Crippen LogP contribution in [0.2, 0.25) is 0 Å². The lowest BCUT2D eigenvalue weighted by Crippen LogP contribution is -2.58. The largest absolute Gasteiger partial charge is 0.297 e. The number of Topliss-reactive ketones (excluding diaryl/α,β-unsaturated/α-hetero) is 1. The molecular formula is C15H17NO. The molecule has 5 rings (SSSR count). The first kappa shape index (κ1) is 9.84. The third-order valence-electron chi connectivity index (χ3n) is 4.99. The summed E-state index contributed by atoms with van der Waals surface area (Å²) in [5, 5.41) is 0. The Morgan fingerprint density at radius 2 is 1.82 bits per heavy atom. The molecule has 1 aromatic rings. The van der Waals surface area contributed by atoms with Gasteiger partial charge in [0.05, 0.1) is 5.54 Å². The first-order chi connectivity index (χ1) is 8.32. The van der Waals surface area contributed by atoms with Gasteiger partial charge in [-0.1, -0.05) is 30.3 Å². The van der Waals surface area contributed by atoms with Gasteiger partial charge in [0.1, 0.15) is 0 Å². The van der Waals surface area contributed by atoms with Crippen LogP contribution in [-0.4, -0.2) is 29.3 Å². The van der Waals surface area contributed by atoms with Crippen LogP contribution in [0, 0.1) is 5.92 Å². The van der Waals surface area contributed by atoms with Gasteiger partial charge in [-0.15, -0.1) is 0 Å². The molecule has 3 heterocycles. The highest BCUT2D eigenvalue weighted by atomic mass is 16.1.